The number of thioether (sulfide) groups is 1. The highest BCUT2D eigenvalue weighted by molar-refractivity contribution is 7.99. The first-order valence-corrected chi connectivity index (χ1v) is 9.00. The van der Waals surface area contributed by atoms with Crippen molar-refractivity contribution in [1.82, 2.24) is 19.8 Å². The van der Waals surface area contributed by atoms with Gasteiger partial charge < -0.3 is 9.42 Å². The molecule has 2 aromatic rings. The van der Waals surface area contributed by atoms with Gasteiger partial charge in [0.2, 0.25) is 0 Å². The van der Waals surface area contributed by atoms with E-state index < -0.39 is 17.4 Å². The largest absolute Gasteiger partial charge is 0.435 e. The average molecular weight is 407 g/mol. The molecular weight excluding hydrogens is 390 g/mol. The van der Waals surface area contributed by atoms with Crippen LogP contribution in [0.3, 0.4) is 0 Å². The van der Waals surface area contributed by atoms with Crippen LogP contribution >= 0.6 is 11.8 Å². The standard InChI is InChI=1S/C15H17F4N5O2S/c1-23-12(8-10(21-23)15(17,18)19)27-13(16)9-2-5-24(6-3-9)14(25)20-11-4-7-26-22-11/h4,7-9,13H,2-3,5-6H2,1H3,(H,20,22,25). The molecule has 0 saturated carbocycles. The lowest BCUT2D eigenvalue weighted by Crippen LogP contribution is -2.42. The van der Waals surface area contributed by atoms with Gasteiger partial charge in [0.15, 0.2) is 17.0 Å². The van der Waals surface area contributed by atoms with Crippen LogP contribution in [-0.4, -0.2) is 44.5 Å². The monoisotopic (exact) mass is 407 g/mol. The first kappa shape index (κ1) is 19.5. The molecule has 0 spiro atoms. The van der Waals surface area contributed by atoms with Gasteiger partial charge in [0, 0.05) is 38.2 Å². The zero-order valence-corrected chi connectivity index (χ0v) is 15.1. The van der Waals surface area contributed by atoms with E-state index in [1.54, 1.807) is 0 Å². The summed E-state index contributed by atoms with van der Waals surface area (Å²) in [4.78, 5) is 13.6. The molecule has 0 aromatic carbocycles. The predicted molar refractivity (Wildman–Crippen MR) is 88.8 cm³/mol. The number of carbonyl (C=O) groups excluding carboxylic acids is 1. The van der Waals surface area contributed by atoms with Gasteiger partial charge in [-0.2, -0.15) is 18.3 Å². The number of hydrogen-bond donors (Lipinski definition) is 1. The summed E-state index contributed by atoms with van der Waals surface area (Å²) in [5.74, 6) is -0.0759. The fraction of sp³-hybridized carbons (Fsp3) is 0.533. The zero-order chi connectivity index (χ0) is 19.6. The van der Waals surface area contributed by atoms with Gasteiger partial charge in [-0.05, 0) is 12.8 Å². The second kappa shape index (κ2) is 7.79. The highest BCUT2D eigenvalue weighted by Gasteiger charge is 2.36. The Hall–Kier alpha value is -2.24. The van der Waals surface area contributed by atoms with Crippen molar-refractivity contribution in [3.8, 4) is 0 Å². The number of halogens is 4. The number of alkyl halides is 4. The Morgan fingerprint density at radius 2 is 2.11 bits per heavy atom. The topological polar surface area (TPSA) is 76.2 Å². The number of piperidine rings is 1. The lowest BCUT2D eigenvalue weighted by Gasteiger charge is -2.32. The van der Waals surface area contributed by atoms with Gasteiger partial charge in [-0.1, -0.05) is 16.9 Å². The van der Waals surface area contributed by atoms with E-state index in [0.29, 0.717) is 25.9 Å². The summed E-state index contributed by atoms with van der Waals surface area (Å²) in [6.07, 6.45) is -2.42. The van der Waals surface area contributed by atoms with Gasteiger partial charge in [-0.25, -0.2) is 9.18 Å². The van der Waals surface area contributed by atoms with Crippen LogP contribution in [-0.2, 0) is 13.2 Å². The average Bonchev–Trinajstić information content (AvgIpc) is 3.25. The van der Waals surface area contributed by atoms with E-state index in [-0.39, 0.29) is 22.8 Å². The summed E-state index contributed by atoms with van der Waals surface area (Å²) >= 11 is 0.719. The van der Waals surface area contributed by atoms with Crippen LogP contribution < -0.4 is 5.32 Å². The van der Waals surface area contributed by atoms with Gasteiger partial charge in [0.05, 0.1) is 5.03 Å². The molecule has 1 unspecified atom stereocenters. The van der Waals surface area contributed by atoms with Gasteiger partial charge in [-0.15, -0.1) is 0 Å². The second-order valence-corrected chi connectivity index (χ2v) is 7.20. The molecule has 1 saturated heterocycles. The fourth-order valence-corrected chi connectivity index (χ4v) is 3.81. The number of likely N-dealkylation sites (tertiary alicyclic amines) is 1. The number of hydrogen-bond acceptors (Lipinski definition) is 5. The Balaban J connectivity index is 1.52. The lowest BCUT2D eigenvalue weighted by atomic mass is 9.98. The molecule has 1 atom stereocenters. The molecule has 3 heterocycles. The second-order valence-electron chi connectivity index (χ2n) is 6.10. The van der Waals surface area contributed by atoms with Gasteiger partial charge in [0.1, 0.15) is 6.26 Å². The normalized spacial score (nSPS) is 17.1. The summed E-state index contributed by atoms with van der Waals surface area (Å²) in [6, 6.07) is 1.99. The number of amides is 2. The van der Waals surface area contributed by atoms with Crippen molar-refractivity contribution in [1.29, 1.82) is 0 Å². The third-order valence-electron chi connectivity index (χ3n) is 4.23. The molecule has 7 nitrogen and oxygen atoms in total. The van der Waals surface area contributed by atoms with E-state index in [2.05, 4.69) is 20.1 Å². The van der Waals surface area contributed by atoms with E-state index in [4.69, 9.17) is 0 Å². The number of nitrogens with zero attached hydrogens (tertiary/aromatic N) is 4. The van der Waals surface area contributed by atoms with Crippen molar-refractivity contribution in [3.63, 3.8) is 0 Å². The Morgan fingerprint density at radius 3 is 2.67 bits per heavy atom. The Labute approximate surface area is 156 Å². The van der Waals surface area contributed by atoms with Crippen LogP contribution in [0.1, 0.15) is 18.5 Å². The maximum atomic E-state index is 14.6. The summed E-state index contributed by atoms with van der Waals surface area (Å²) < 4.78 is 58.3. The Bertz CT molecular complexity index is 772. The van der Waals surface area contributed by atoms with Crippen LogP contribution in [0.25, 0.3) is 0 Å². The van der Waals surface area contributed by atoms with Gasteiger partial charge >= 0.3 is 12.2 Å². The number of anilines is 1. The SMILES string of the molecule is Cn1nc(C(F)(F)F)cc1SC(F)C1CCN(C(=O)Nc2ccon2)CC1. The van der Waals surface area contributed by atoms with Crippen molar-refractivity contribution in [2.24, 2.45) is 13.0 Å². The van der Waals surface area contributed by atoms with Crippen molar-refractivity contribution in [2.75, 3.05) is 18.4 Å². The smallest absolute Gasteiger partial charge is 0.363 e. The number of rotatable bonds is 4. The molecule has 3 rings (SSSR count). The summed E-state index contributed by atoms with van der Waals surface area (Å²) in [7, 11) is 1.35. The quantitative estimate of drug-likeness (QED) is 0.617. The Morgan fingerprint density at radius 1 is 1.41 bits per heavy atom. The van der Waals surface area contributed by atoms with Crippen LogP contribution in [0.2, 0.25) is 0 Å². The molecule has 1 aliphatic heterocycles. The molecule has 148 valence electrons. The molecule has 0 aliphatic carbocycles. The van der Waals surface area contributed by atoms with Crippen LogP contribution in [0.5, 0.6) is 0 Å². The van der Waals surface area contributed by atoms with E-state index in [1.807, 2.05) is 0 Å². The summed E-state index contributed by atoms with van der Waals surface area (Å²) in [6.45, 7) is 0.684. The van der Waals surface area contributed by atoms with E-state index in [1.165, 1.54) is 24.3 Å². The van der Waals surface area contributed by atoms with Crippen LogP contribution in [0.15, 0.2) is 27.9 Å². The summed E-state index contributed by atoms with van der Waals surface area (Å²) in [5, 5.41) is 9.64. The molecule has 1 N–H and O–H groups in total. The Kier molecular flexibility index (Phi) is 5.63. The number of nitrogens with one attached hydrogen (secondary N) is 1. The third-order valence-corrected chi connectivity index (χ3v) is 5.46. The van der Waals surface area contributed by atoms with E-state index in [0.717, 1.165) is 22.5 Å². The highest BCUT2D eigenvalue weighted by atomic mass is 32.2. The van der Waals surface area contributed by atoms with Gasteiger partial charge in [-0.3, -0.25) is 10.00 Å². The minimum atomic E-state index is -4.56. The minimum absolute atomic E-state index is 0.112. The maximum Gasteiger partial charge on any atom is 0.435 e. The zero-order valence-electron chi connectivity index (χ0n) is 14.2. The highest BCUT2D eigenvalue weighted by Crippen LogP contribution is 2.37. The molecule has 1 aliphatic rings. The number of urea groups is 1. The van der Waals surface area contributed by atoms with Crippen molar-refractivity contribution >= 4 is 23.6 Å². The lowest BCUT2D eigenvalue weighted by molar-refractivity contribution is -0.141. The molecule has 2 aromatic heterocycles. The number of aryl methyl sites for hydroxylation is 1. The molecule has 1 fully saturated rings. The first-order chi connectivity index (χ1) is 12.7. The van der Waals surface area contributed by atoms with Crippen molar-refractivity contribution in [3.05, 3.63) is 24.1 Å². The predicted octanol–water partition coefficient (Wildman–Crippen LogP) is 3.76. The third kappa shape index (κ3) is 4.73. The molecule has 12 heteroatoms. The van der Waals surface area contributed by atoms with Crippen LogP contribution in [0.4, 0.5) is 28.2 Å². The minimum Gasteiger partial charge on any atom is -0.363 e. The van der Waals surface area contributed by atoms with E-state index in [9.17, 15) is 22.4 Å². The number of aromatic nitrogens is 3. The molecule has 27 heavy (non-hydrogen) atoms. The van der Waals surface area contributed by atoms with Crippen molar-refractivity contribution in [2.45, 2.75) is 29.5 Å². The number of carbonyl (C=O) groups is 1. The molecular formula is C15H17F4N5O2S. The maximum absolute atomic E-state index is 14.6. The molecule has 0 radical (unpaired) electrons. The molecule has 2 amide bonds. The first-order valence-electron chi connectivity index (χ1n) is 8.12. The molecule has 0 bridgehead atoms. The van der Waals surface area contributed by atoms with E-state index >= 15 is 0 Å². The van der Waals surface area contributed by atoms with Gasteiger partial charge in [0.25, 0.3) is 0 Å². The fourth-order valence-electron chi connectivity index (χ4n) is 2.74. The summed E-state index contributed by atoms with van der Waals surface area (Å²) in [5.41, 5.74) is -2.43. The van der Waals surface area contributed by atoms with Crippen molar-refractivity contribution < 1.29 is 26.9 Å². The van der Waals surface area contributed by atoms with Crippen LogP contribution in [0, 0.1) is 5.92 Å².